The van der Waals surface area contributed by atoms with E-state index in [2.05, 4.69) is 29.4 Å². The maximum Gasteiger partial charge on any atom is 0.234 e. The van der Waals surface area contributed by atoms with Gasteiger partial charge >= 0.3 is 0 Å². The lowest BCUT2D eigenvalue weighted by Gasteiger charge is -2.13. The summed E-state index contributed by atoms with van der Waals surface area (Å²) in [6.07, 6.45) is 2.39. The number of carbonyl (C=O) groups is 1. The molecule has 0 saturated heterocycles. The Labute approximate surface area is 189 Å². The van der Waals surface area contributed by atoms with E-state index in [0.717, 1.165) is 6.42 Å². The van der Waals surface area contributed by atoms with Gasteiger partial charge in [-0.15, -0.1) is 10.2 Å². The number of aromatic nitrogens is 3. The third kappa shape index (κ3) is 5.16. The zero-order valence-electron chi connectivity index (χ0n) is 17.3. The van der Waals surface area contributed by atoms with Crippen LogP contribution in [0.15, 0.2) is 40.1 Å². The molecular weight excluding hydrogens is 440 g/mol. The molecule has 10 heteroatoms. The van der Waals surface area contributed by atoms with Crippen LogP contribution in [-0.4, -0.2) is 39.6 Å². The van der Waals surface area contributed by atoms with Gasteiger partial charge in [0.25, 0.3) is 0 Å². The topological polar surface area (TPSA) is 91.4 Å². The summed E-state index contributed by atoms with van der Waals surface area (Å²) in [5, 5.41) is 12.4. The number of carbonyl (C=O) groups excluding carboxylic acids is 1. The van der Waals surface area contributed by atoms with Gasteiger partial charge in [0.2, 0.25) is 5.91 Å². The van der Waals surface area contributed by atoms with E-state index in [1.807, 2.05) is 16.7 Å². The molecule has 0 saturated carbocycles. The number of rotatable bonds is 7. The SMILES string of the molecule is CC(C)Cn1c(SCC(=O)Nc2cc3c(cc2Cl)OCCCO3)nnc1-c1ccco1. The minimum absolute atomic E-state index is 0.152. The predicted molar refractivity (Wildman–Crippen MR) is 119 cm³/mol. The van der Waals surface area contributed by atoms with Crippen molar-refractivity contribution in [1.29, 1.82) is 0 Å². The number of benzene rings is 1. The molecule has 0 radical (unpaired) electrons. The highest BCUT2D eigenvalue weighted by atomic mass is 35.5. The number of furan rings is 1. The van der Waals surface area contributed by atoms with Crippen molar-refractivity contribution in [2.24, 2.45) is 5.92 Å². The summed E-state index contributed by atoms with van der Waals surface area (Å²) in [6, 6.07) is 7.01. The number of hydrogen-bond donors (Lipinski definition) is 1. The van der Waals surface area contributed by atoms with Crippen LogP contribution in [0.1, 0.15) is 20.3 Å². The van der Waals surface area contributed by atoms with Gasteiger partial charge in [0, 0.05) is 25.1 Å². The Balaban J connectivity index is 1.45. The van der Waals surface area contributed by atoms with Crippen LogP contribution in [0.4, 0.5) is 5.69 Å². The first kappa shape index (κ1) is 21.6. The molecule has 3 heterocycles. The number of ether oxygens (including phenoxy) is 2. The molecule has 0 atom stereocenters. The van der Waals surface area contributed by atoms with Crippen molar-refractivity contribution < 1.29 is 18.7 Å². The predicted octanol–water partition coefficient (Wildman–Crippen LogP) is 4.74. The Morgan fingerprint density at radius 3 is 2.74 bits per heavy atom. The number of fused-ring (bicyclic) bond motifs is 1. The summed E-state index contributed by atoms with van der Waals surface area (Å²) in [5.41, 5.74) is 0.483. The molecule has 0 fully saturated rings. The molecule has 0 unspecified atom stereocenters. The number of nitrogens with one attached hydrogen (secondary N) is 1. The molecule has 0 aliphatic carbocycles. The monoisotopic (exact) mass is 462 g/mol. The summed E-state index contributed by atoms with van der Waals surface area (Å²) in [4.78, 5) is 12.6. The van der Waals surface area contributed by atoms with E-state index in [1.165, 1.54) is 11.8 Å². The molecule has 0 bridgehead atoms. The number of halogens is 1. The Hall–Kier alpha value is -2.65. The first-order chi connectivity index (χ1) is 15.0. The van der Waals surface area contributed by atoms with Gasteiger partial charge in [0.15, 0.2) is 28.2 Å². The minimum atomic E-state index is -0.208. The smallest absolute Gasteiger partial charge is 0.234 e. The van der Waals surface area contributed by atoms with E-state index in [4.69, 9.17) is 25.5 Å². The van der Waals surface area contributed by atoms with E-state index >= 15 is 0 Å². The number of thioether (sulfide) groups is 1. The van der Waals surface area contributed by atoms with Crippen LogP contribution in [0.3, 0.4) is 0 Å². The fourth-order valence-corrected chi connectivity index (χ4v) is 4.06. The second-order valence-corrected chi connectivity index (χ2v) is 8.80. The van der Waals surface area contributed by atoms with E-state index in [-0.39, 0.29) is 11.7 Å². The largest absolute Gasteiger partial charge is 0.490 e. The Morgan fingerprint density at radius 1 is 1.26 bits per heavy atom. The average Bonchev–Trinajstić information content (AvgIpc) is 3.33. The van der Waals surface area contributed by atoms with E-state index in [1.54, 1.807) is 18.4 Å². The number of anilines is 1. The van der Waals surface area contributed by atoms with E-state index < -0.39 is 0 Å². The van der Waals surface area contributed by atoms with Crippen LogP contribution in [0.5, 0.6) is 11.5 Å². The summed E-state index contributed by atoms with van der Waals surface area (Å²) < 4.78 is 18.7. The zero-order chi connectivity index (χ0) is 21.8. The molecule has 1 aliphatic rings. The average molecular weight is 463 g/mol. The first-order valence-electron chi connectivity index (χ1n) is 10.00. The van der Waals surface area contributed by atoms with Crippen LogP contribution in [0.25, 0.3) is 11.6 Å². The van der Waals surface area contributed by atoms with Crippen molar-refractivity contribution in [3.8, 4) is 23.1 Å². The summed E-state index contributed by atoms with van der Waals surface area (Å²) >= 11 is 7.63. The van der Waals surface area contributed by atoms with Gasteiger partial charge in [-0.05, 0) is 18.1 Å². The van der Waals surface area contributed by atoms with Gasteiger partial charge in [-0.3, -0.25) is 9.36 Å². The van der Waals surface area contributed by atoms with Gasteiger partial charge in [-0.1, -0.05) is 37.2 Å². The molecule has 31 heavy (non-hydrogen) atoms. The maximum atomic E-state index is 12.6. The maximum absolute atomic E-state index is 12.6. The highest BCUT2D eigenvalue weighted by Crippen LogP contribution is 2.37. The quantitative estimate of drug-likeness (QED) is 0.507. The lowest BCUT2D eigenvalue weighted by atomic mass is 10.2. The molecule has 1 aromatic carbocycles. The number of amides is 1. The van der Waals surface area contributed by atoms with E-state index in [0.29, 0.717) is 64.6 Å². The molecular formula is C21H23ClN4O4S. The molecule has 2 aromatic heterocycles. The normalized spacial score (nSPS) is 13.3. The second kappa shape index (κ2) is 9.65. The van der Waals surface area contributed by atoms with Crippen molar-refractivity contribution >= 4 is 35.0 Å². The van der Waals surface area contributed by atoms with Crippen molar-refractivity contribution in [2.75, 3.05) is 24.3 Å². The summed E-state index contributed by atoms with van der Waals surface area (Å²) in [6.45, 7) is 6.06. The lowest BCUT2D eigenvalue weighted by molar-refractivity contribution is -0.113. The van der Waals surface area contributed by atoms with E-state index in [9.17, 15) is 4.79 Å². The summed E-state index contributed by atoms with van der Waals surface area (Å²) in [5.74, 6) is 2.76. The highest BCUT2D eigenvalue weighted by molar-refractivity contribution is 7.99. The molecule has 164 valence electrons. The van der Waals surface area contributed by atoms with Gasteiger partial charge in [-0.25, -0.2) is 0 Å². The second-order valence-electron chi connectivity index (χ2n) is 7.45. The first-order valence-corrected chi connectivity index (χ1v) is 11.4. The molecule has 1 amide bonds. The van der Waals surface area contributed by atoms with Crippen molar-refractivity contribution in [3.63, 3.8) is 0 Å². The third-order valence-corrected chi connectivity index (χ3v) is 5.73. The van der Waals surface area contributed by atoms with Crippen LogP contribution < -0.4 is 14.8 Å². The van der Waals surface area contributed by atoms with Crippen LogP contribution in [-0.2, 0) is 11.3 Å². The van der Waals surface area contributed by atoms with Gasteiger partial charge in [-0.2, -0.15) is 0 Å². The Kier molecular flexibility index (Phi) is 6.72. The van der Waals surface area contributed by atoms with Crippen molar-refractivity contribution in [3.05, 3.63) is 35.6 Å². The van der Waals surface area contributed by atoms with Crippen molar-refractivity contribution in [2.45, 2.75) is 32.0 Å². The van der Waals surface area contributed by atoms with Crippen molar-refractivity contribution in [1.82, 2.24) is 14.8 Å². The Morgan fingerprint density at radius 2 is 2.03 bits per heavy atom. The molecule has 3 aromatic rings. The highest BCUT2D eigenvalue weighted by Gasteiger charge is 2.19. The van der Waals surface area contributed by atoms with Gasteiger partial charge < -0.3 is 19.2 Å². The van der Waals surface area contributed by atoms with Gasteiger partial charge in [0.1, 0.15) is 0 Å². The standard InChI is InChI=1S/C21H23ClN4O4S/c1-13(2)11-26-20(16-5-3-6-28-16)24-25-21(26)31-12-19(27)23-15-10-18-17(9-14(15)22)29-7-4-8-30-18/h3,5-6,9-10,13H,4,7-8,11-12H2,1-2H3,(H,23,27). The number of hydrogen-bond acceptors (Lipinski definition) is 7. The number of nitrogens with zero attached hydrogens (tertiary/aromatic N) is 3. The molecule has 1 aliphatic heterocycles. The lowest BCUT2D eigenvalue weighted by Crippen LogP contribution is -2.15. The third-order valence-electron chi connectivity index (χ3n) is 4.45. The molecule has 8 nitrogen and oxygen atoms in total. The van der Waals surface area contributed by atoms with Gasteiger partial charge in [0.05, 0.1) is 35.9 Å². The summed E-state index contributed by atoms with van der Waals surface area (Å²) in [7, 11) is 0. The van der Waals surface area contributed by atoms with Crippen LogP contribution >= 0.6 is 23.4 Å². The molecule has 4 rings (SSSR count). The minimum Gasteiger partial charge on any atom is -0.490 e. The molecule has 0 spiro atoms. The zero-order valence-corrected chi connectivity index (χ0v) is 18.8. The van der Waals surface area contributed by atoms with Crippen LogP contribution in [0.2, 0.25) is 5.02 Å². The fraction of sp³-hybridized carbons (Fsp3) is 0.381. The van der Waals surface area contributed by atoms with Crippen LogP contribution in [0, 0.1) is 5.92 Å². The fourth-order valence-electron chi connectivity index (χ4n) is 3.11. The Bertz CT molecular complexity index is 1050. The molecule has 1 N–H and O–H groups in total.